The molecule has 0 spiro atoms. The number of rotatable bonds is 2. The second-order valence-electron chi connectivity index (χ2n) is 4.14. The van der Waals surface area contributed by atoms with Gasteiger partial charge in [0.05, 0.1) is 6.20 Å². The van der Waals surface area contributed by atoms with Crippen molar-refractivity contribution < 1.29 is 9.90 Å². The number of carbonyl (C=O) groups is 1. The molecule has 0 amide bonds. The first-order chi connectivity index (χ1) is 8.77. The maximum atomic E-state index is 11.0. The third-order valence-corrected chi connectivity index (χ3v) is 3.05. The molecule has 0 aliphatic carbocycles. The van der Waals surface area contributed by atoms with Gasteiger partial charge in [-0.2, -0.15) is 9.61 Å². The average molecular weight is 247 g/mol. The van der Waals surface area contributed by atoms with Crippen LogP contribution in [0.1, 0.15) is 10.4 Å². The van der Waals surface area contributed by atoms with Crippen LogP contribution >= 0.6 is 0 Å². The maximum absolute atomic E-state index is 11.0. The van der Waals surface area contributed by atoms with Gasteiger partial charge >= 0.3 is 5.97 Å². The minimum Gasteiger partial charge on any atom is -0.477 e. The largest absolute Gasteiger partial charge is 0.477 e. The van der Waals surface area contributed by atoms with Crippen LogP contribution in [0.15, 0.2) is 18.5 Å². The highest BCUT2D eigenvalue weighted by molar-refractivity contribution is 5.94. The summed E-state index contributed by atoms with van der Waals surface area (Å²) in [7, 11) is 0. The van der Waals surface area contributed by atoms with E-state index in [9.17, 15) is 4.79 Å². The van der Waals surface area contributed by atoms with Crippen molar-refractivity contribution in [3.63, 3.8) is 0 Å². The van der Waals surface area contributed by atoms with E-state index in [-0.39, 0.29) is 5.56 Å². The molecule has 1 aliphatic heterocycles. The first-order valence-corrected chi connectivity index (χ1v) is 5.79. The van der Waals surface area contributed by atoms with Crippen LogP contribution in [-0.4, -0.2) is 51.9 Å². The molecular formula is C11H13N5O2. The summed E-state index contributed by atoms with van der Waals surface area (Å²) >= 11 is 0. The highest BCUT2D eigenvalue weighted by atomic mass is 16.4. The molecule has 0 radical (unpaired) electrons. The number of nitrogens with zero attached hydrogens (tertiary/aromatic N) is 4. The highest BCUT2D eigenvalue weighted by Crippen LogP contribution is 2.17. The fourth-order valence-electron chi connectivity index (χ4n) is 2.16. The zero-order valence-electron chi connectivity index (χ0n) is 9.70. The molecule has 0 bridgehead atoms. The predicted molar refractivity (Wildman–Crippen MR) is 65.0 cm³/mol. The van der Waals surface area contributed by atoms with Gasteiger partial charge in [-0.05, 0) is 6.07 Å². The number of hydrogen-bond donors (Lipinski definition) is 2. The first kappa shape index (κ1) is 11.0. The molecule has 0 saturated carbocycles. The average Bonchev–Trinajstić information content (AvgIpc) is 2.83. The number of aromatic nitrogens is 3. The molecule has 7 nitrogen and oxygen atoms in total. The van der Waals surface area contributed by atoms with E-state index < -0.39 is 5.97 Å². The summed E-state index contributed by atoms with van der Waals surface area (Å²) in [5, 5.41) is 16.5. The molecule has 3 rings (SSSR count). The van der Waals surface area contributed by atoms with E-state index in [1.807, 2.05) is 6.07 Å². The lowest BCUT2D eigenvalue weighted by atomic mass is 10.3. The van der Waals surface area contributed by atoms with Crippen molar-refractivity contribution in [3.8, 4) is 0 Å². The summed E-state index contributed by atoms with van der Waals surface area (Å²) in [4.78, 5) is 17.3. The molecule has 0 unspecified atom stereocenters. The van der Waals surface area contributed by atoms with E-state index >= 15 is 0 Å². The van der Waals surface area contributed by atoms with E-state index in [2.05, 4.69) is 20.3 Å². The van der Waals surface area contributed by atoms with Crippen LogP contribution < -0.4 is 10.2 Å². The molecule has 1 aliphatic rings. The van der Waals surface area contributed by atoms with Gasteiger partial charge in [0.2, 0.25) is 0 Å². The Morgan fingerprint density at radius 1 is 1.39 bits per heavy atom. The number of carboxylic acid groups (broad SMARTS) is 1. The number of hydrogen-bond acceptors (Lipinski definition) is 5. The number of carboxylic acids is 1. The Kier molecular flexibility index (Phi) is 2.60. The van der Waals surface area contributed by atoms with Gasteiger partial charge in [-0.15, -0.1) is 0 Å². The van der Waals surface area contributed by atoms with Crippen molar-refractivity contribution in [2.45, 2.75) is 0 Å². The van der Waals surface area contributed by atoms with Crippen LogP contribution in [0.4, 0.5) is 5.82 Å². The lowest BCUT2D eigenvalue weighted by Gasteiger charge is -2.29. The van der Waals surface area contributed by atoms with E-state index in [4.69, 9.17) is 5.11 Å². The summed E-state index contributed by atoms with van der Waals surface area (Å²) in [5.74, 6) is -0.121. The fraction of sp³-hybridized carbons (Fsp3) is 0.364. The third kappa shape index (κ3) is 1.68. The van der Waals surface area contributed by atoms with Gasteiger partial charge in [0.1, 0.15) is 11.4 Å². The molecule has 2 aromatic heterocycles. The lowest BCUT2D eigenvalue weighted by molar-refractivity contribution is 0.0699. The Bertz CT molecular complexity index is 588. The Balaban J connectivity index is 2.09. The van der Waals surface area contributed by atoms with Crippen molar-refractivity contribution in [1.29, 1.82) is 0 Å². The summed E-state index contributed by atoms with van der Waals surface area (Å²) in [6, 6.07) is 1.86. The van der Waals surface area contributed by atoms with Crippen molar-refractivity contribution >= 4 is 17.4 Å². The third-order valence-electron chi connectivity index (χ3n) is 3.05. The molecule has 1 saturated heterocycles. The Morgan fingerprint density at radius 3 is 2.89 bits per heavy atom. The summed E-state index contributed by atoms with van der Waals surface area (Å²) in [6.45, 7) is 3.58. The zero-order valence-corrected chi connectivity index (χ0v) is 9.70. The zero-order chi connectivity index (χ0) is 12.5. The van der Waals surface area contributed by atoms with Crippen molar-refractivity contribution in [3.05, 3.63) is 24.0 Å². The summed E-state index contributed by atoms with van der Waals surface area (Å²) in [5.41, 5.74) is 0.519. The van der Waals surface area contributed by atoms with E-state index in [0.717, 1.165) is 32.0 Å². The lowest BCUT2D eigenvalue weighted by Crippen LogP contribution is -2.44. The van der Waals surface area contributed by atoms with E-state index in [1.165, 1.54) is 6.20 Å². The van der Waals surface area contributed by atoms with Gasteiger partial charge < -0.3 is 15.3 Å². The van der Waals surface area contributed by atoms with Crippen LogP contribution in [-0.2, 0) is 0 Å². The normalized spacial score (nSPS) is 16.1. The summed E-state index contributed by atoms with van der Waals surface area (Å²) in [6.07, 6.45) is 2.97. The molecule has 2 N–H and O–H groups in total. The molecule has 1 fully saturated rings. The predicted octanol–water partition coefficient (Wildman–Crippen LogP) is -0.163. The minimum absolute atomic E-state index is 0.131. The van der Waals surface area contributed by atoms with Crippen LogP contribution in [0.3, 0.4) is 0 Å². The van der Waals surface area contributed by atoms with Gasteiger partial charge in [0.15, 0.2) is 5.65 Å². The number of nitrogens with one attached hydrogen (secondary N) is 1. The number of anilines is 1. The van der Waals surface area contributed by atoms with Gasteiger partial charge in [-0.3, -0.25) is 0 Å². The number of aromatic carboxylic acids is 1. The van der Waals surface area contributed by atoms with Crippen molar-refractivity contribution in [1.82, 2.24) is 19.9 Å². The topological polar surface area (TPSA) is 82.8 Å². The number of piperazine rings is 1. The number of fused-ring (bicyclic) bond motifs is 1. The second kappa shape index (κ2) is 4.26. The molecule has 7 heteroatoms. The first-order valence-electron chi connectivity index (χ1n) is 5.79. The van der Waals surface area contributed by atoms with Crippen LogP contribution in [0.25, 0.3) is 5.65 Å². The van der Waals surface area contributed by atoms with Gasteiger partial charge in [0.25, 0.3) is 0 Å². The smallest absolute Gasteiger partial charge is 0.341 e. The Morgan fingerprint density at radius 2 is 2.17 bits per heavy atom. The van der Waals surface area contributed by atoms with Crippen LogP contribution in [0.2, 0.25) is 0 Å². The van der Waals surface area contributed by atoms with Gasteiger partial charge in [-0.1, -0.05) is 0 Å². The second-order valence-corrected chi connectivity index (χ2v) is 4.14. The quantitative estimate of drug-likeness (QED) is 0.767. The van der Waals surface area contributed by atoms with Crippen molar-refractivity contribution in [2.24, 2.45) is 0 Å². The molecule has 94 valence electrons. The van der Waals surface area contributed by atoms with Crippen LogP contribution in [0, 0.1) is 0 Å². The van der Waals surface area contributed by atoms with E-state index in [0.29, 0.717) is 5.65 Å². The van der Waals surface area contributed by atoms with E-state index in [1.54, 1.807) is 10.7 Å². The maximum Gasteiger partial charge on any atom is 0.341 e. The molecule has 0 atom stereocenters. The molecule has 2 aromatic rings. The SMILES string of the molecule is O=C(O)c1cnn2c(N3CCNCC3)ccnc12. The van der Waals surface area contributed by atoms with Crippen LogP contribution in [0.5, 0.6) is 0 Å². The monoisotopic (exact) mass is 247 g/mol. The molecular weight excluding hydrogens is 234 g/mol. The summed E-state index contributed by atoms with van der Waals surface area (Å²) < 4.78 is 1.59. The molecule has 3 heterocycles. The minimum atomic E-state index is -1.00. The van der Waals surface area contributed by atoms with Gasteiger partial charge in [0, 0.05) is 32.4 Å². The standard InChI is InChI=1S/C11H13N5O2/c17-11(18)8-7-14-16-9(1-2-13-10(8)16)15-5-3-12-4-6-15/h1-2,7,12H,3-6H2,(H,17,18). The van der Waals surface area contributed by atoms with Gasteiger partial charge in [-0.25, -0.2) is 9.78 Å². The molecule has 0 aromatic carbocycles. The van der Waals surface area contributed by atoms with Crippen molar-refractivity contribution in [2.75, 3.05) is 31.1 Å². The Hall–Kier alpha value is -2.15. The Labute approximate surface area is 103 Å². The molecule has 18 heavy (non-hydrogen) atoms. The highest BCUT2D eigenvalue weighted by Gasteiger charge is 2.18. The fourth-order valence-corrected chi connectivity index (χ4v) is 2.16.